The summed E-state index contributed by atoms with van der Waals surface area (Å²) in [7, 11) is 0. The SMILES string of the molecule is [C-]#[N+]c1ccc2c3ccccc3n(-c3ccc(C#N)cc3-c3ccccc3-n3c4ccccc4c4cc(-n5c6ccccc6c6ccccc65)ccc43)c2c1. The monoisotopic (exact) mass is 699 g/mol. The van der Waals surface area contributed by atoms with Crippen LogP contribution in [-0.2, 0) is 0 Å². The fourth-order valence-corrected chi connectivity index (χ4v) is 8.76. The molecule has 11 aromatic rings. The van der Waals surface area contributed by atoms with E-state index in [4.69, 9.17) is 6.57 Å². The Bertz CT molecular complexity index is 3420. The van der Waals surface area contributed by atoms with E-state index in [-0.39, 0.29) is 0 Å². The minimum Gasteiger partial charge on any atom is -0.310 e. The maximum Gasteiger partial charge on any atom is 0.189 e. The summed E-state index contributed by atoms with van der Waals surface area (Å²) in [6.07, 6.45) is 0. The van der Waals surface area contributed by atoms with Gasteiger partial charge in [-0.05, 0) is 72.8 Å². The molecule has 0 radical (unpaired) electrons. The van der Waals surface area contributed by atoms with Crippen LogP contribution < -0.4 is 0 Å². The summed E-state index contributed by atoms with van der Waals surface area (Å²) >= 11 is 0. The highest BCUT2D eigenvalue weighted by Gasteiger charge is 2.21. The Balaban J connectivity index is 1.19. The largest absolute Gasteiger partial charge is 0.310 e. The number of rotatable bonds is 4. The molecule has 0 amide bonds. The summed E-state index contributed by atoms with van der Waals surface area (Å²) < 4.78 is 6.98. The van der Waals surface area contributed by atoms with Crippen molar-refractivity contribution in [3.8, 4) is 34.3 Å². The third kappa shape index (κ3) is 4.45. The van der Waals surface area contributed by atoms with Crippen molar-refractivity contribution in [1.82, 2.24) is 13.7 Å². The molecule has 0 unspecified atom stereocenters. The predicted octanol–water partition coefficient (Wildman–Crippen LogP) is 13.1. The van der Waals surface area contributed by atoms with Crippen molar-refractivity contribution in [2.45, 2.75) is 0 Å². The molecule has 5 heteroatoms. The summed E-state index contributed by atoms with van der Waals surface area (Å²) in [5.74, 6) is 0. The Morgan fingerprint density at radius 1 is 0.400 bits per heavy atom. The molecule has 0 saturated carbocycles. The molecule has 0 bridgehead atoms. The van der Waals surface area contributed by atoms with Gasteiger partial charge in [0.2, 0.25) is 0 Å². The van der Waals surface area contributed by atoms with Crippen LogP contribution in [0.1, 0.15) is 5.56 Å². The van der Waals surface area contributed by atoms with Crippen LogP contribution >= 0.6 is 0 Å². The minimum atomic E-state index is 0.578. The second-order valence-corrected chi connectivity index (χ2v) is 14.0. The van der Waals surface area contributed by atoms with Gasteiger partial charge in [-0.1, -0.05) is 103 Å². The summed E-state index contributed by atoms with van der Waals surface area (Å²) in [5.41, 5.74) is 12.7. The van der Waals surface area contributed by atoms with Crippen molar-refractivity contribution >= 4 is 71.1 Å². The quantitative estimate of drug-likeness (QED) is 0.169. The van der Waals surface area contributed by atoms with Gasteiger partial charge in [0.1, 0.15) is 0 Å². The van der Waals surface area contributed by atoms with Crippen molar-refractivity contribution in [2.24, 2.45) is 0 Å². The first-order valence-corrected chi connectivity index (χ1v) is 18.3. The Morgan fingerprint density at radius 2 is 0.909 bits per heavy atom. The maximum atomic E-state index is 10.2. The minimum absolute atomic E-state index is 0.578. The summed E-state index contributed by atoms with van der Waals surface area (Å²) in [5, 5.41) is 17.2. The van der Waals surface area contributed by atoms with Gasteiger partial charge in [-0.2, -0.15) is 5.26 Å². The van der Waals surface area contributed by atoms with Gasteiger partial charge in [0.15, 0.2) is 5.69 Å². The van der Waals surface area contributed by atoms with Crippen LogP contribution in [0.5, 0.6) is 0 Å². The number of benzene rings is 8. The molecule has 0 aliphatic carbocycles. The van der Waals surface area contributed by atoms with Gasteiger partial charge < -0.3 is 13.7 Å². The van der Waals surface area contributed by atoms with Gasteiger partial charge >= 0.3 is 0 Å². The van der Waals surface area contributed by atoms with Gasteiger partial charge in [-0.15, -0.1) is 0 Å². The third-order valence-electron chi connectivity index (χ3n) is 11.1. The molecule has 0 N–H and O–H groups in total. The van der Waals surface area contributed by atoms with Gasteiger partial charge in [0, 0.05) is 54.6 Å². The molecular formula is C50H29N5. The smallest absolute Gasteiger partial charge is 0.189 e. The average molecular weight is 700 g/mol. The van der Waals surface area contributed by atoms with Crippen molar-refractivity contribution < 1.29 is 0 Å². The lowest BCUT2D eigenvalue weighted by Gasteiger charge is -2.19. The first-order valence-electron chi connectivity index (χ1n) is 18.3. The topological polar surface area (TPSA) is 42.9 Å². The standard InChI is InChI=1S/C50H29N5/c1-52-33-23-25-40-37-14-4-9-19-45(37)55(50(40)29-33)48-26-22-32(31-51)28-41(48)38-15-5-10-20-46(38)54-47-21-11-6-16-39(47)42-30-34(24-27-49(42)54)53-43-17-7-2-12-35(43)36-13-3-8-18-44(36)53/h2-30H. The summed E-state index contributed by atoms with van der Waals surface area (Å²) in [4.78, 5) is 3.78. The van der Waals surface area contributed by atoms with Gasteiger partial charge in [0.05, 0.1) is 57.2 Å². The maximum absolute atomic E-state index is 10.2. The third-order valence-corrected chi connectivity index (χ3v) is 11.1. The molecule has 254 valence electrons. The second-order valence-electron chi connectivity index (χ2n) is 14.0. The fraction of sp³-hybridized carbons (Fsp3) is 0. The van der Waals surface area contributed by atoms with E-state index < -0.39 is 0 Å². The highest BCUT2D eigenvalue weighted by atomic mass is 15.0. The van der Waals surface area contributed by atoms with Crippen molar-refractivity contribution in [3.05, 3.63) is 193 Å². The molecule has 5 nitrogen and oxygen atoms in total. The Kier molecular flexibility index (Phi) is 6.61. The first-order chi connectivity index (χ1) is 27.2. The Hall–Kier alpha value is -7.86. The predicted molar refractivity (Wildman–Crippen MR) is 226 cm³/mol. The zero-order chi connectivity index (χ0) is 36.6. The number of hydrogen-bond donors (Lipinski definition) is 0. The molecule has 0 saturated heterocycles. The van der Waals surface area contributed by atoms with E-state index in [1.54, 1.807) is 0 Å². The molecule has 0 atom stereocenters. The van der Waals surface area contributed by atoms with Crippen LogP contribution in [0.15, 0.2) is 176 Å². The number of hydrogen-bond acceptors (Lipinski definition) is 1. The van der Waals surface area contributed by atoms with E-state index in [1.807, 2.05) is 36.4 Å². The number of nitrogens with zero attached hydrogens (tertiary/aromatic N) is 5. The number of para-hydroxylation sites is 5. The van der Waals surface area contributed by atoms with Gasteiger partial charge in [0.25, 0.3) is 0 Å². The van der Waals surface area contributed by atoms with Crippen LogP contribution in [0, 0.1) is 17.9 Å². The van der Waals surface area contributed by atoms with Crippen molar-refractivity contribution in [3.63, 3.8) is 0 Å². The zero-order valence-corrected chi connectivity index (χ0v) is 29.5. The Morgan fingerprint density at radius 3 is 1.55 bits per heavy atom. The van der Waals surface area contributed by atoms with Crippen LogP contribution in [-0.4, -0.2) is 13.7 Å². The van der Waals surface area contributed by atoms with Crippen LogP contribution in [0.3, 0.4) is 0 Å². The summed E-state index contributed by atoms with van der Waals surface area (Å²) in [6.45, 7) is 7.80. The van der Waals surface area contributed by atoms with E-state index in [0.717, 1.165) is 71.8 Å². The lowest BCUT2D eigenvalue weighted by Crippen LogP contribution is -2.02. The van der Waals surface area contributed by atoms with Gasteiger partial charge in [-0.25, -0.2) is 4.85 Å². The molecule has 11 rings (SSSR count). The number of nitriles is 1. The lowest BCUT2D eigenvalue weighted by molar-refractivity contribution is 1.15. The van der Waals surface area contributed by atoms with Gasteiger partial charge in [-0.3, -0.25) is 0 Å². The van der Waals surface area contributed by atoms with E-state index in [0.29, 0.717) is 11.3 Å². The van der Waals surface area contributed by atoms with E-state index in [2.05, 4.69) is 164 Å². The van der Waals surface area contributed by atoms with E-state index in [9.17, 15) is 5.26 Å². The zero-order valence-electron chi connectivity index (χ0n) is 29.5. The van der Waals surface area contributed by atoms with Crippen LogP contribution in [0.25, 0.3) is 98.5 Å². The van der Waals surface area contributed by atoms with Crippen LogP contribution in [0.2, 0.25) is 0 Å². The average Bonchev–Trinajstić information content (AvgIpc) is 3.88. The fourth-order valence-electron chi connectivity index (χ4n) is 8.76. The highest BCUT2D eigenvalue weighted by Crippen LogP contribution is 2.42. The van der Waals surface area contributed by atoms with Crippen LogP contribution in [0.4, 0.5) is 5.69 Å². The van der Waals surface area contributed by atoms with Crippen molar-refractivity contribution in [2.75, 3.05) is 0 Å². The molecule has 3 heterocycles. The Labute approximate surface area is 316 Å². The van der Waals surface area contributed by atoms with Crippen molar-refractivity contribution in [1.29, 1.82) is 5.26 Å². The molecule has 0 aliphatic rings. The summed E-state index contributed by atoms with van der Waals surface area (Å²) in [6, 6.07) is 63.7. The normalized spacial score (nSPS) is 11.6. The molecule has 0 fully saturated rings. The molecule has 0 spiro atoms. The highest BCUT2D eigenvalue weighted by molar-refractivity contribution is 6.13. The number of fused-ring (bicyclic) bond motifs is 9. The lowest BCUT2D eigenvalue weighted by atomic mass is 9.98. The second kappa shape index (κ2) is 11.8. The molecule has 55 heavy (non-hydrogen) atoms. The first kappa shape index (κ1) is 30.7. The van der Waals surface area contributed by atoms with E-state index >= 15 is 0 Å². The number of aromatic nitrogens is 3. The molecule has 3 aromatic heterocycles. The van der Waals surface area contributed by atoms with E-state index in [1.165, 1.54) is 21.8 Å². The molecule has 8 aromatic carbocycles. The molecule has 0 aliphatic heterocycles. The molecular weight excluding hydrogens is 671 g/mol.